The Balaban J connectivity index is 1.89. The fourth-order valence-electron chi connectivity index (χ4n) is 2.06. The minimum absolute atomic E-state index is 0.103. The fraction of sp³-hybridized carbons (Fsp3) is 0.500. The molecule has 2 rings (SSSR count). The summed E-state index contributed by atoms with van der Waals surface area (Å²) in [6.45, 7) is 6.36. The smallest absolute Gasteiger partial charge is 0.150 e. The molecule has 1 fully saturated rings. The number of hydrogen-bond donors (Lipinski definition) is 0. The number of morpholine rings is 1. The van der Waals surface area contributed by atoms with Gasteiger partial charge < -0.3 is 9.47 Å². The summed E-state index contributed by atoms with van der Waals surface area (Å²) in [5.74, 6) is 0.739. The van der Waals surface area contributed by atoms with Gasteiger partial charge in [0.1, 0.15) is 24.7 Å². The maximum Gasteiger partial charge on any atom is 0.150 e. The number of carbonyl (C=O) groups is 1. The molecule has 0 aromatic heterocycles. The Morgan fingerprint density at radius 1 is 1.58 bits per heavy atom. The summed E-state index contributed by atoms with van der Waals surface area (Å²) in [6, 6.07) is 5.30. The predicted octanol–water partition coefficient (Wildman–Crippen LogP) is 2.36. The van der Waals surface area contributed by atoms with E-state index in [1.54, 1.807) is 18.2 Å². The highest BCUT2D eigenvalue weighted by atomic mass is 79.9. The molecule has 0 N–H and O–H groups in total. The third-order valence-electron chi connectivity index (χ3n) is 3.19. The van der Waals surface area contributed by atoms with E-state index in [0.29, 0.717) is 12.2 Å². The van der Waals surface area contributed by atoms with Gasteiger partial charge in [-0.2, -0.15) is 0 Å². The Labute approximate surface area is 121 Å². The standard InChI is InChI=1S/C14H18BrNO3/c1-2-16-5-6-18-12(8-16)10-19-14-4-3-11(9-17)7-13(14)15/h3-4,7,9,12H,2,5-6,8,10H2,1H3. The maximum atomic E-state index is 10.7. The molecule has 0 saturated carbocycles. The molecule has 19 heavy (non-hydrogen) atoms. The first-order valence-corrected chi connectivity index (χ1v) is 7.23. The zero-order chi connectivity index (χ0) is 13.7. The van der Waals surface area contributed by atoms with E-state index in [4.69, 9.17) is 9.47 Å². The van der Waals surface area contributed by atoms with Crippen LogP contribution in [-0.4, -0.2) is 50.1 Å². The van der Waals surface area contributed by atoms with Crippen LogP contribution in [0.1, 0.15) is 17.3 Å². The predicted molar refractivity (Wildman–Crippen MR) is 76.9 cm³/mol. The van der Waals surface area contributed by atoms with Gasteiger partial charge in [0.15, 0.2) is 0 Å². The first-order chi connectivity index (χ1) is 9.22. The molecule has 1 saturated heterocycles. The highest BCUT2D eigenvalue weighted by Crippen LogP contribution is 2.25. The molecule has 1 heterocycles. The van der Waals surface area contributed by atoms with Crippen LogP contribution in [0, 0.1) is 0 Å². The second kappa shape index (κ2) is 7.03. The summed E-state index contributed by atoms with van der Waals surface area (Å²) < 4.78 is 12.2. The summed E-state index contributed by atoms with van der Waals surface area (Å²) in [6.07, 6.45) is 0.920. The molecule has 5 heteroatoms. The van der Waals surface area contributed by atoms with E-state index in [2.05, 4.69) is 27.8 Å². The second-order valence-electron chi connectivity index (χ2n) is 4.50. The Hall–Kier alpha value is -0.910. The van der Waals surface area contributed by atoms with Crippen LogP contribution in [0.2, 0.25) is 0 Å². The number of rotatable bonds is 5. The largest absolute Gasteiger partial charge is 0.490 e. The minimum Gasteiger partial charge on any atom is -0.490 e. The van der Waals surface area contributed by atoms with Crippen molar-refractivity contribution in [3.05, 3.63) is 28.2 Å². The lowest BCUT2D eigenvalue weighted by Gasteiger charge is -2.31. The minimum atomic E-state index is 0.103. The molecule has 1 aromatic rings. The van der Waals surface area contributed by atoms with Gasteiger partial charge in [-0.1, -0.05) is 6.92 Å². The van der Waals surface area contributed by atoms with E-state index in [9.17, 15) is 4.79 Å². The van der Waals surface area contributed by atoms with E-state index in [0.717, 1.165) is 42.7 Å². The average molecular weight is 328 g/mol. The number of halogens is 1. The number of hydrogen-bond acceptors (Lipinski definition) is 4. The summed E-state index contributed by atoms with van der Waals surface area (Å²) in [5.41, 5.74) is 0.630. The van der Waals surface area contributed by atoms with Crippen molar-refractivity contribution < 1.29 is 14.3 Å². The molecule has 1 unspecified atom stereocenters. The van der Waals surface area contributed by atoms with Crippen molar-refractivity contribution in [1.82, 2.24) is 4.90 Å². The van der Waals surface area contributed by atoms with Crippen LogP contribution in [0.15, 0.2) is 22.7 Å². The molecule has 1 aromatic carbocycles. The van der Waals surface area contributed by atoms with E-state index >= 15 is 0 Å². The summed E-state index contributed by atoms with van der Waals surface area (Å²) in [4.78, 5) is 13.0. The molecule has 0 bridgehead atoms. The zero-order valence-corrected chi connectivity index (χ0v) is 12.6. The lowest BCUT2D eigenvalue weighted by Crippen LogP contribution is -2.44. The van der Waals surface area contributed by atoms with Gasteiger partial charge >= 0.3 is 0 Å². The third-order valence-corrected chi connectivity index (χ3v) is 3.81. The Morgan fingerprint density at radius 3 is 3.11 bits per heavy atom. The molecule has 1 aliphatic rings. The van der Waals surface area contributed by atoms with E-state index < -0.39 is 0 Å². The van der Waals surface area contributed by atoms with Crippen molar-refractivity contribution >= 4 is 22.2 Å². The van der Waals surface area contributed by atoms with Crippen molar-refractivity contribution in [3.63, 3.8) is 0 Å². The van der Waals surface area contributed by atoms with Gasteiger partial charge in [0.05, 0.1) is 11.1 Å². The topological polar surface area (TPSA) is 38.8 Å². The molecular weight excluding hydrogens is 310 g/mol. The van der Waals surface area contributed by atoms with Gasteiger partial charge in [-0.3, -0.25) is 9.69 Å². The van der Waals surface area contributed by atoms with Crippen molar-refractivity contribution in [2.24, 2.45) is 0 Å². The van der Waals surface area contributed by atoms with Gasteiger partial charge in [0.25, 0.3) is 0 Å². The van der Waals surface area contributed by atoms with Gasteiger partial charge in [0, 0.05) is 18.7 Å². The molecule has 0 radical (unpaired) electrons. The number of likely N-dealkylation sites (N-methyl/N-ethyl adjacent to an activating group) is 1. The van der Waals surface area contributed by atoms with Gasteiger partial charge in [-0.25, -0.2) is 0 Å². The van der Waals surface area contributed by atoms with Crippen LogP contribution in [0.3, 0.4) is 0 Å². The van der Waals surface area contributed by atoms with Gasteiger partial charge in [0.2, 0.25) is 0 Å². The van der Waals surface area contributed by atoms with Gasteiger partial charge in [-0.05, 0) is 40.7 Å². The van der Waals surface area contributed by atoms with Crippen LogP contribution in [0.5, 0.6) is 5.75 Å². The second-order valence-corrected chi connectivity index (χ2v) is 5.36. The fourth-order valence-corrected chi connectivity index (χ4v) is 2.57. The van der Waals surface area contributed by atoms with Crippen LogP contribution in [0.4, 0.5) is 0 Å². The van der Waals surface area contributed by atoms with E-state index in [-0.39, 0.29) is 6.10 Å². The van der Waals surface area contributed by atoms with Gasteiger partial charge in [-0.15, -0.1) is 0 Å². The zero-order valence-electron chi connectivity index (χ0n) is 11.0. The molecule has 1 aliphatic heterocycles. The van der Waals surface area contributed by atoms with Crippen molar-refractivity contribution in [2.45, 2.75) is 13.0 Å². The molecule has 1 atom stereocenters. The molecule has 0 spiro atoms. The summed E-state index contributed by atoms with van der Waals surface area (Å²) in [7, 11) is 0. The lowest BCUT2D eigenvalue weighted by molar-refractivity contribution is -0.0465. The van der Waals surface area contributed by atoms with E-state index in [1.807, 2.05) is 0 Å². The average Bonchev–Trinajstić information content (AvgIpc) is 2.46. The van der Waals surface area contributed by atoms with Crippen molar-refractivity contribution in [1.29, 1.82) is 0 Å². The summed E-state index contributed by atoms with van der Waals surface area (Å²) >= 11 is 3.40. The normalized spacial score (nSPS) is 20.2. The Bertz CT molecular complexity index is 439. The monoisotopic (exact) mass is 327 g/mol. The number of aldehydes is 1. The Morgan fingerprint density at radius 2 is 2.42 bits per heavy atom. The first kappa shape index (κ1) is 14.5. The summed E-state index contributed by atoms with van der Waals surface area (Å²) in [5, 5.41) is 0. The number of benzene rings is 1. The quantitative estimate of drug-likeness (QED) is 0.778. The maximum absolute atomic E-state index is 10.7. The molecule has 0 aliphatic carbocycles. The van der Waals surface area contributed by atoms with Crippen LogP contribution >= 0.6 is 15.9 Å². The SMILES string of the molecule is CCN1CCOC(COc2ccc(C=O)cc2Br)C1. The van der Waals surface area contributed by atoms with Crippen molar-refractivity contribution in [3.8, 4) is 5.75 Å². The Kier molecular flexibility index (Phi) is 5.36. The van der Waals surface area contributed by atoms with Crippen LogP contribution < -0.4 is 4.74 Å². The highest BCUT2D eigenvalue weighted by Gasteiger charge is 2.20. The first-order valence-electron chi connectivity index (χ1n) is 6.44. The molecule has 104 valence electrons. The number of ether oxygens (including phenoxy) is 2. The van der Waals surface area contributed by atoms with E-state index in [1.165, 1.54) is 0 Å². The van der Waals surface area contributed by atoms with Crippen molar-refractivity contribution in [2.75, 3.05) is 32.8 Å². The highest BCUT2D eigenvalue weighted by molar-refractivity contribution is 9.10. The van der Waals surface area contributed by atoms with Crippen LogP contribution in [0.25, 0.3) is 0 Å². The molecule has 4 nitrogen and oxygen atoms in total. The van der Waals surface area contributed by atoms with Crippen LogP contribution in [-0.2, 0) is 4.74 Å². The molecular formula is C14H18BrNO3. The number of carbonyl (C=O) groups excluding carboxylic acids is 1. The third kappa shape index (κ3) is 4.03. The lowest BCUT2D eigenvalue weighted by atomic mass is 10.2. The number of nitrogens with zero attached hydrogens (tertiary/aromatic N) is 1. The molecule has 0 amide bonds.